The molecule has 1 aliphatic heterocycles. The Kier molecular flexibility index (Phi) is 9.28. The van der Waals surface area contributed by atoms with Crippen LogP contribution in [-0.4, -0.2) is 54.4 Å². The summed E-state index contributed by atoms with van der Waals surface area (Å²) in [7, 11) is 2.27. The molecule has 218 valence electrons. The van der Waals surface area contributed by atoms with Crippen LogP contribution in [0.4, 0.5) is 0 Å². The number of piperidine rings is 1. The van der Waals surface area contributed by atoms with Crippen molar-refractivity contribution >= 4 is 28.6 Å². The summed E-state index contributed by atoms with van der Waals surface area (Å²) in [5.74, 6) is 0.143. The van der Waals surface area contributed by atoms with E-state index >= 15 is 0 Å². The molecule has 1 aliphatic carbocycles. The van der Waals surface area contributed by atoms with Gasteiger partial charge in [0.1, 0.15) is 0 Å². The molecule has 0 bridgehead atoms. The van der Waals surface area contributed by atoms with Crippen LogP contribution in [0.1, 0.15) is 48.8 Å². The van der Waals surface area contributed by atoms with Crippen LogP contribution in [0.5, 0.6) is 0 Å². The van der Waals surface area contributed by atoms with Gasteiger partial charge in [-0.2, -0.15) is 0 Å². The first-order valence-corrected chi connectivity index (χ1v) is 16.4. The van der Waals surface area contributed by atoms with Crippen molar-refractivity contribution in [2.45, 2.75) is 61.3 Å². The number of likely N-dealkylation sites (N-methyl/N-ethyl adjacent to an activating group) is 1. The molecular formula is C37H43N3OS. The number of aryl methyl sites for hydroxylation is 1. The molecule has 2 aliphatic rings. The maximum Gasteiger partial charge on any atom is 0.224 e. The topological polar surface area (TPSA) is 35.6 Å². The highest BCUT2D eigenvalue weighted by Gasteiger charge is 2.38. The number of rotatable bonds is 10. The summed E-state index contributed by atoms with van der Waals surface area (Å²) in [4.78, 5) is 16.6. The summed E-state index contributed by atoms with van der Waals surface area (Å²) >= 11 is 1.89. The van der Waals surface area contributed by atoms with Crippen molar-refractivity contribution in [3.63, 3.8) is 0 Å². The van der Waals surface area contributed by atoms with Crippen molar-refractivity contribution in [1.29, 1.82) is 0 Å². The minimum absolute atomic E-state index is 0.141. The molecule has 1 atom stereocenters. The molecule has 1 N–H and O–H groups in total. The average molecular weight is 578 g/mol. The Hall–Kier alpha value is -3.12. The van der Waals surface area contributed by atoms with Crippen LogP contribution in [-0.2, 0) is 23.1 Å². The van der Waals surface area contributed by atoms with E-state index in [1.54, 1.807) is 5.56 Å². The zero-order chi connectivity index (χ0) is 28.8. The number of nitrogens with zero attached hydrogens (tertiary/aromatic N) is 2. The third kappa shape index (κ3) is 6.91. The molecule has 1 amide bonds. The van der Waals surface area contributed by atoms with Gasteiger partial charge >= 0.3 is 0 Å². The van der Waals surface area contributed by atoms with Gasteiger partial charge in [0.15, 0.2) is 0 Å². The molecule has 5 heteroatoms. The fourth-order valence-corrected chi connectivity index (χ4v) is 8.22. The molecule has 0 aromatic heterocycles. The second kappa shape index (κ2) is 13.5. The minimum Gasteiger partial charge on any atom is -0.353 e. The molecule has 0 saturated carbocycles. The Morgan fingerprint density at radius 1 is 0.929 bits per heavy atom. The molecule has 4 aromatic carbocycles. The summed E-state index contributed by atoms with van der Waals surface area (Å²) < 4.78 is 2.48. The second-order valence-electron chi connectivity index (χ2n) is 12.2. The van der Waals surface area contributed by atoms with E-state index in [9.17, 15) is 4.79 Å². The first kappa shape index (κ1) is 29.0. The molecule has 1 saturated heterocycles. The van der Waals surface area contributed by atoms with Crippen LogP contribution in [0.15, 0.2) is 102 Å². The lowest BCUT2D eigenvalue weighted by molar-refractivity contribution is -0.121. The van der Waals surface area contributed by atoms with Crippen LogP contribution >= 0.6 is 11.9 Å². The van der Waals surface area contributed by atoms with Crippen molar-refractivity contribution in [2.75, 3.05) is 33.2 Å². The fraction of sp³-hybridized carbons (Fsp3) is 0.378. The molecule has 1 unspecified atom stereocenters. The van der Waals surface area contributed by atoms with E-state index in [-0.39, 0.29) is 17.4 Å². The second-order valence-corrected chi connectivity index (χ2v) is 13.5. The molecule has 4 nitrogen and oxygen atoms in total. The van der Waals surface area contributed by atoms with E-state index in [1.807, 2.05) is 42.3 Å². The minimum atomic E-state index is 0.141. The third-order valence-corrected chi connectivity index (χ3v) is 10.3. The standard InChI is InChI=1S/C37H43N3OS/c1-39(42-35-19-9-15-30-13-5-7-17-33(30)35)28-37(22-10-16-31-14-6-8-18-34(31)37)23-26-40-24-20-32(21-25-40)38-36(41)27-29-11-3-2-4-12-29/h2-9,11-15,17-19,32H,10,16,20-28H2,1H3,(H,38,41). The first-order chi connectivity index (χ1) is 20.6. The van der Waals surface area contributed by atoms with E-state index < -0.39 is 0 Å². The Morgan fingerprint density at radius 2 is 1.67 bits per heavy atom. The van der Waals surface area contributed by atoms with E-state index in [4.69, 9.17) is 0 Å². The van der Waals surface area contributed by atoms with Gasteiger partial charge < -0.3 is 10.2 Å². The van der Waals surface area contributed by atoms with Crippen LogP contribution in [0.3, 0.4) is 0 Å². The predicted molar refractivity (Wildman–Crippen MR) is 176 cm³/mol. The van der Waals surface area contributed by atoms with Crippen molar-refractivity contribution in [1.82, 2.24) is 14.5 Å². The lowest BCUT2D eigenvalue weighted by Crippen LogP contribution is -2.47. The molecule has 1 fully saturated rings. The summed E-state index contributed by atoms with van der Waals surface area (Å²) in [6, 6.07) is 34.9. The summed E-state index contributed by atoms with van der Waals surface area (Å²) in [6.45, 7) is 4.24. The van der Waals surface area contributed by atoms with Gasteiger partial charge in [0.05, 0.1) is 6.42 Å². The number of carbonyl (C=O) groups is 1. The molecule has 4 aromatic rings. The monoisotopic (exact) mass is 577 g/mol. The van der Waals surface area contributed by atoms with Crippen molar-refractivity contribution in [3.8, 4) is 0 Å². The number of carbonyl (C=O) groups excluding carboxylic acids is 1. The number of benzene rings is 4. The highest BCUT2D eigenvalue weighted by molar-refractivity contribution is 7.97. The van der Waals surface area contributed by atoms with Crippen LogP contribution in [0, 0.1) is 0 Å². The smallest absolute Gasteiger partial charge is 0.224 e. The van der Waals surface area contributed by atoms with Gasteiger partial charge in [-0.05, 0) is 97.6 Å². The van der Waals surface area contributed by atoms with E-state index in [0.717, 1.165) is 51.0 Å². The molecular weight excluding hydrogens is 534 g/mol. The number of likely N-dealkylation sites (tertiary alicyclic amines) is 1. The van der Waals surface area contributed by atoms with E-state index in [1.165, 1.54) is 40.5 Å². The lowest BCUT2D eigenvalue weighted by Gasteiger charge is -2.43. The quantitative estimate of drug-likeness (QED) is 0.201. The van der Waals surface area contributed by atoms with Gasteiger partial charge in [-0.25, -0.2) is 4.31 Å². The lowest BCUT2D eigenvalue weighted by atomic mass is 9.67. The van der Waals surface area contributed by atoms with Crippen molar-refractivity contribution in [3.05, 3.63) is 114 Å². The molecule has 0 radical (unpaired) electrons. The van der Waals surface area contributed by atoms with Crippen LogP contribution < -0.4 is 5.32 Å². The predicted octanol–water partition coefficient (Wildman–Crippen LogP) is 7.27. The number of amides is 1. The summed E-state index contributed by atoms with van der Waals surface area (Å²) in [5.41, 5.74) is 4.31. The zero-order valence-corrected chi connectivity index (χ0v) is 25.6. The largest absolute Gasteiger partial charge is 0.353 e. The molecule has 1 heterocycles. The van der Waals surface area contributed by atoms with Crippen LogP contribution in [0.2, 0.25) is 0 Å². The maximum absolute atomic E-state index is 12.6. The number of hydrogen-bond acceptors (Lipinski definition) is 4. The van der Waals surface area contributed by atoms with Gasteiger partial charge in [0, 0.05) is 36.0 Å². The maximum atomic E-state index is 12.6. The molecule has 6 rings (SSSR count). The van der Waals surface area contributed by atoms with Gasteiger partial charge in [0.2, 0.25) is 5.91 Å². The van der Waals surface area contributed by atoms with Crippen molar-refractivity contribution < 1.29 is 4.79 Å². The van der Waals surface area contributed by atoms with Crippen molar-refractivity contribution in [2.24, 2.45) is 0 Å². The Bertz CT molecular complexity index is 1480. The third-order valence-electron chi connectivity index (χ3n) is 9.29. The Labute approximate surface area is 255 Å². The first-order valence-electron chi connectivity index (χ1n) is 15.6. The number of nitrogens with one attached hydrogen (secondary N) is 1. The van der Waals surface area contributed by atoms with E-state index in [2.05, 4.69) is 88.3 Å². The highest BCUT2D eigenvalue weighted by Crippen LogP contribution is 2.43. The zero-order valence-electron chi connectivity index (χ0n) is 24.8. The van der Waals surface area contributed by atoms with Gasteiger partial charge in [-0.1, -0.05) is 91.0 Å². The Balaban J connectivity index is 1.10. The normalized spacial score (nSPS) is 19.6. The number of fused-ring (bicyclic) bond motifs is 2. The summed E-state index contributed by atoms with van der Waals surface area (Å²) in [6.07, 6.45) is 7.35. The fourth-order valence-electron chi connectivity index (χ4n) is 7.15. The van der Waals surface area contributed by atoms with Gasteiger partial charge in [-0.15, -0.1) is 0 Å². The summed E-state index contributed by atoms with van der Waals surface area (Å²) in [5, 5.41) is 5.93. The average Bonchev–Trinajstić information content (AvgIpc) is 3.02. The van der Waals surface area contributed by atoms with Gasteiger partial charge in [-0.3, -0.25) is 4.79 Å². The molecule has 0 spiro atoms. The number of hydrogen-bond donors (Lipinski definition) is 1. The molecule has 42 heavy (non-hydrogen) atoms. The van der Waals surface area contributed by atoms with E-state index in [0.29, 0.717) is 6.42 Å². The van der Waals surface area contributed by atoms with Gasteiger partial charge in [0.25, 0.3) is 0 Å². The SMILES string of the molecule is CN(CC1(CCN2CCC(NC(=O)Cc3ccccc3)CC2)CCCc2ccccc21)Sc1cccc2ccccc12. The Morgan fingerprint density at radius 3 is 2.52 bits per heavy atom. The van der Waals surface area contributed by atoms with Crippen LogP contribution in [0.25, 0.3) is 10.8 Å². The highest BCUT2D eigenvalue weighted by atomic mass is 32.2.